The van der Waals surface area contributed by atoms with Crippen LogP contribution in [0.25, 0.3) is 5.69 Å². The minimum absolute atomic E-state index is 0.0594. The predicted octanol–water partition coefficient (Wildman–Crippen LogP) is 3.13. The molecule has 2 aromatic carbocycles. The first-order chi connectivity index (χ1) is 15.5. The number of carbonyl (C=O) groups excluding carboxylic acids is 2. The lowest BCUT2D eigenvalue weighted by Gasteiger charge is -2.19. The summed E-state index contributed by atoms with van der Waals surface area (Å²) < 4.78 is 8.33. The van der Waals surface area contributed by atoms with Crippen LogP contribution >= 0.6 is 0 Å². The molecule has 0 radical (unpaired) electrons. The second kappa shape index (κ2) is 8.81. The van der Waals surface area contributed by atoms with Gasteiger partial charge in [0.25, 0.3) is 11.5 Å². The molecule has 32 heavy (non-hydrogen) atoms. The van der Waals surface area contributed by atoms with Crippen molar-refractivity contribution in [3.05, 3.63) is 106 Å². The molecule has 0 aliphatic rings. The van der Waals surface area contributed by atoms with Crippen LogP contribution in [-0.4, -0.2) is 27.2 Å². The van der Waals surface area contributed by atoms with Crippen LogP contribution in [0.1, 0.15) is 26.6 Å². The minimum atomic E-state index is -1.19. The quantitative estimate of drug-likeness (QED) is 0.347. The summed E-state index contributed by atoms with van der Waals surface area (Å²) in [5.74, 6) is -0.905. The maximum Gasteiger partial charge on any atom is 0.295 e. The van der Waals surface area contributed by atoms with Crippen molar-refractivity contribution in [3.8, 4) is 5.69 Å². The van der Waals surface area contributed by atoms with E-state index in [0.29, 0.717) is 16.9 Å². The number of nitrogens with one attached hydrogen (secondary N) is 2. The number of benzene rings is 2. The Balaban J connectivity index is 1.72. The zero-order valence-corrected chi connectivity index (χ0v) is 17.6. The molecule has 162 valence electrons. The van der Waals surface area contributed by atoms with Crippen molar-refractivity contribution in [3.63, 3.8) is 0 Å². The average molecular weight is 430 g/mol. The number of carbonyl (C=O) groups is 2. The first kappa shape index (κ1) is 20.9. The third-order valence-corrected chi connectivity index (χ3v) is 5.18. The van der Waals surface area contributed by atoms with Crippen molar-refractivity contribution in [1.82, 2.24) is 14.7 Å². The Hall–Kier alpha value is -4.33. The lowest BCUT2D eigenvalue weighted by molar-refractivity contribution is 0.0852. The second-order valence-corrected chi connectivity index (χ2v) is 7.19. The van der Waals surface area contributed by atoms with Gasteiger partial charge in [0.2, 0.25) is 5.78 Å². The van der Waals surface area contributed by atoms with Gasteiger partial charge in [-0.25, -0.2) is 4.68 Å². The first-order valence-corrected chi connectivity index (χ1v) is 10.0. The molecule has 2 heterocycles. The standard InChI is InChI=1S/C24H22N4O4/c1-16-20(24(31)28(27(16)2)18-12-7-4-8-13-18)25-22(21(29)17-10-5-3-6-11-17)26-23(30)19-14-9-15-32-19/h3-15,22,25H,1-2H3,(H,26,30). The van der Waals surface area contributed by atoms with Gasteiger partial charge >= 0.3 is 0 Å². The molecule has 0 saturated heterocycles. The molecule has 1 atom stereocenters. The highest BCUT2D eigenvalue weighted by Crippen LogP contribution is 2.16. The number of anilines is 1. The molecule has 8 heteroatoms. The van der Waals surface area contributed by atoms with Crippen molar-refractivity contribution in [2.45, 2.75) is 13.1 Å². The van der Waals surface area contributed by atoms with E-state index in [0.717, 1.165) is 0 Å². The van der Waals surface area contributed by atoms with Crippen LogP contribution in [0.3, 0.4) is 0 Å². The lowest BCUT2D eigenvalue weighted by atomic mass is 10.1. The second-order valence-electron chi connectivity index (χ2n) is 7.19. The van der Waals surface area contributed by atoms with Gasteiger partial charge in [-0.1, -0.05) is 48.5 Å². The molecule has 2 N–H and O–H groups in total. The number of aromatic nitrogens is 2. The van der Waals surface area contributed by atoms with E-state index in [2.05, 4.69) is 10.6 Å². The zero-order chi connectivity index (χ0) is 22.7. The van der Waals surface area contributed by atoms with Crippen molar-refractivity contribution in [2.75, 3.05) is 5.32 Å². The zero-order valence-electron chi connectivity index (χ0n) is 17.6. The number of rotatable bonds is 7. The van der Waals surface area contributed by atoms with Gasteiger partial charge in [-0.15, -0.1) is 0 Å². The number of ketones is 1. The van der Waals surface area contributed by atoms with E-state index in [1.54, 1.807) is 55.1 Å². The van der Waals surface area contributed by atoms with Gasteiger partial charge in [0.1, 0.15) is 5.69 Å². The molecule has 0 spiro atoms. The number of amides is 1. The molecule has 0 saturated carbocycles. The fraction of sp³-hybridized carbons (Fsp3) is 0.125. The van der Waals surface area contributed by atoms with Gasteiger partial charge < -0.3 is 15.1 Å². The monoisotopic (exact) mass is 430 g/mol. The minimum Gasteiger partial charge on any atom is -0.459 e. The number of furan rings is 1. The Morgan fingerprint density at radius 1 is 0.938 bits per heavy atom. The summed E-state index contributed by atoms with van der Waals surface area (Å²) in [5, 5.41) is 5.60. The van der Waals surface area contributed by atoms with Crippen molar-refractivity contribution in [1.29, 1.82) is 0 Å². The Kier molecular flexibility index (Phi) is 5.76. The molecule has 8 nitrogen and oxygen atoms in total. The molecule has 1 amide bonds. The maximum atomic E-state index is 13.3. The molecule has 2 aromatic heterocycles. The molecular weight excluding hydrogens is 408 g/mol. The Labute approximate surface area is 184 Å². The van der Waals surface area contributed by atoms with Crippen LogP contribution in [0.2, 0.25) is 0 Å². The highest BCUT2D eigenvalue weighted by atomic mass is 16.3. The summed E-state index contributed by atoms with van der Waals surface area (Å²) in [6, 6.07) is 20.8. The Morgan fingerprint density at radius 2 is 1.59 bits per heavy atom. The normalized spacial score (nSPS) is 11.7. The van der Waals surface area contributed by atoms with Gasteiger partial charge in [-0.05, 0) is 31.2 Å². The number of hydrogen-bond acceptors (Lipinski definition) is 5. The molecule has 0 fully saturated rings. The smallest absolute Gasteiger partial charge is 0.295 e. The summed E-state index contributed by atoms with van der Waals surface area (Å²) >= 11 is 0. The van der Waals surface area contributed by atoms with E-state index in [1.165, 1.54) is 17.0 Å². The number of hydrogen-bond donors (Lipinski definition) is 2. The number of nitrogens with zero attached hydrogens (tertiary/aromatic N) is 2. The molecule has 0 bridgehead atoms. The van der Waals surface area contributed by atoms with Gasteiger partial charge in [-0.3, -0.25) is 19.1 Å². The Morgan fingerprint density at radius 3 is 2.22 bits per heavy atom. The van der Waals surface area contributed by atoms with Crippen molar-refractivity contribution < 1.29 is 14.0 Å². The lowest BCUT2D eigenvalue weighted by Crippen LogP contribution is -2.47. The maximum absolute atomic E-state index is 13.3. The third kappa shape index (κ3) is 3.98. The molecule has 4 rings (SSSR count). The molecule has 4 aromatic rings. The third-order valence-electron chi connectivity index (χ3n) is 5.18. The molecular formula is C24H22N4O4. The highest BCUT2D eigenvalue weighted by Gasteiger charge is 2.27. The van der Waals surface area contributed by atoms with E-state index < -0.39 is 12.1 Å². The summed E-state index contributed by atoms with van der Waals surface area (Å²) in [6.45, 7) is 1.77. The van der Waals surface area contributed by atoms with Crippen LogP contribution < -0.4 is 16.2 Å². The van der Waals surface area contributed by atoms with Gasteiger partial charge in [0, 0.05) is 12.6 Å². The van der Waals surface area contributed by atoms with E-state index in [1.807, 2.05) is 30.3 Å². The summed E-state index contributed by atoms with van der Waals surface area (Å²) in [7, 11) is 1.75. The summed E-state index contributed by atoms with van der Waals surface area (Å²) in [4.78, 5) is 39.1. The molecule has 1 unspecified atom stereocenters. The van der Waals surface area contributed by atoms with Crippen LogP contribution in [0.15, 0.2) is 88.3 Å². The number of Topliss-reactive ketones (excluding diaryl/α,β-unsaturated/α-hetero) is 1. The largest absolute Gasteiger partial charge is 0.459 e. The van der Waals surface area contributed by atoms with E-state index >= 15 is 0 Å². The van der Waals surface area contributed by atoms with Crippen LogP contribution in [0, 0.1) is 6.92 Å². The van der Waals surface area contributed by atoms with Crippen molar-refractivity contribution in [2.24, 2.45) is 7.05 Å². The topological polar surface area (TPSA) is 98.3 Å². The summed E-state index contributed by atoms with van der Waals surface area (Å²) in [6.07, 6.45) is 0.184. The van der Waals surface area contributed by atoms with E-state index in [4.69, 9.17) is 4.42 Å². The first-order valence-electron chi connectivity index (χ1n) is 10.0. The van der Waals surface area contributed by atoms with E-state index in [-0.39, 0.29) is 22.8 Å². The highest BCUT2D eigenvalue weighted by molar-refractivity contribution is 6.04. The van der Waals surface area contributed by atoms with Gasteiger partial charge in [0.05, 0.1) is 17.6 Å². The Bertz CT molecular complexity index is 1290. The van der Waals surface area contributed by atoms with Crippen molar-refractivity contribution >= 4 is 17.4 Å². The molecule has 0 aliphatic carbocycles. The van der Waals surface area contributed by atoms with Crippen LogP contribution in [0.4, 0.5) is 5.69 Å². The van der Waals surface area contributed by atoms with Crippen LogP contribution in [-0.2, 0) is 7.05 Å². The fourth-order valence-electron chi connectivity index (χ4n) is 3.43. The number of para-hydroxylation sites is 1. The fourth-order valence-corrected chi connectivity index (χ4v) is 3.43. The van der Waals surface area contributed by atoms with Gasteiger partial charge in [0.15, 0.2) is 11.9 Å². The van der Waals surface area contributed by atoms with Crippen LogP contribution in [0.5, 0.6) is 0 Å². The predicted molar refractivity (Wildman–Crippen MR) is 120 cm³/mol. The van der Waals surface area contributed by atoms with E-state index in [9.17, 15) is 14.4 Å². The van der Waals surface area contributed by atoms with Gasteiger partial charge in [-0.2, -0.15) is 0 Å². The SMILES string of the molecule is Cc1c(NC(NC(=O)c2ccco2)C(=O)c2ccccc2)c(=O)n(-c2ccccc2)n1C. The average Bonchev–Trinajstić information content (AvgIpc) is 3.43. The summed E-state index contributed by atoms with van der Waals surface area (Å²) in [5.41, 5.74) is 1.56. The molecule has 0 aliphatic heterocycles.